The third-order valence-corrected chi connectivity index (χ3v) is 2.89. The highest BCUT2D eigenvalue weighted by Crippen LogP contribution is 2.21. The Labute approximate surface area is 95.0 Å². The summed E-state index contributed by atoms with van der Waals surface area (Å²) in [4.78, 5) is 4.05. The quantitative estimate of drug-likeness (QED) is 0.792. The Kier molecular flexibility index (Phi) is 3.21. The molecular weight excluding hydrogens is 207 g/mol. The summed E-state index contributed by atoms with van der Waals surface area (Å²) in [5.41, 5.74) is 0.876. The van der Waals surface area contributed by atoms with Gasteiger partial charge in [-0.2, -0.15) is 0 Å². The van der Waals surface area contributed by atoms with Crippen LogP contribution in [-0.4, -0.2) is 23.7 Å². The van der Waals surface area contributed by atoms with Crippen LogP contribution in [0.15, 0.2) is 18.3 Å². The van der Waals surface area contributed by atoms with Crippen LogP contribution in [0.1, 0.15) is 32.1 Å². The Morgan fingerprint density at radius 3 is 3.00 bits per heavy atom. The van der Waals surface area contributed by atoms with E-state index in [0.717, 1.165) is 12.1 Å². The third kappa shape index (κ3) is 2.77. The minimum Gasteiger partial charge on any atom is -0.371 e. The number of rotatable bonds is 1. The van der Waals surface area contributed by atoms with E-state index in [1.165, 1.54) is 12.3 Å². The summed E-state index contributed by atoms with van der Waals surface area (Å²) in [5, 5.41) is 3.43. The highest BCUT2D eigenvalue weighted by molar-refractivity contribution is 5.09. The minimum atomic E-state index is -0.314. The molecule has 4 heteroatoms. The van der Waals surface area contributed by atoms with Crippen LogP contribution < -0.4 is 5.32 Å². The molecule has 0 aliphatic carbocycles. The summed E-state index contributed by atoms with van der Waals surface area (Å²) in [6.45, 7) is 5.71. The van der Waals surface area contributed by atoms with Crippen LogP contribution >= 0.6 is 0 Å². The summed E-state index contributed by atoms with van der Waals surface area (Å²) >= 11 is 0. The first-order valence-electron chi connectivity index (χ1n) is 5.55. The molecule has 88 valence electrons. The van der Waals surface area contributed by atoms with E-state index < -0.39 is 0 Å². The second-order valence-electron chi connectivity index (χ2n) is 4.78. The molecule has 0 amide bonds. The predicted molar refractivity (Wildman–Crippen MR) is 59.6 cm³/mol. The summed E-state index contributed by atoms with van der Waals surface area (Å²) in [5.74, 6) is -0.314. The first kappa shape index (κ1) is 11.5. The Morgan fingerprint density at radius 1 is 1.50 bits per heavy atom. The standard InChI is InChI=1S/C12H17FN2O/c1-12(2)5-6-16-11(8-15-12)10-4-3-9(13)7-14-10/h3-4,7,11,15H,5-6,8H2,1-2H3. The maximum Gasteiger partial charge on any atom is 0.141 e. The Morgan fingerprint density at radius 2 is 2.31 bits per heavy atom. The van der Waals surface area contributed by atoms with Gasteiger partial charge in [0.05, 0.1) is 11.9 Å². The lowest BCUT2D eigenvalue weighted by Crippen LogP contribution is -2.39. The number of hydrogen-bond donors (Lipinski definition) is 1. The van der Waals surface area contributed by atoms with Crippen molar-refractivity contribution in [2.75, 3.05) is 13.2 Å². The molecule has 1 saturated heterocycles. The van der Waals surface area contributed by atoms with E-state index in [1.54, 1.807) is 6.07 Å². The van der Waals surface area contributed by atoms with Gasteiger partial charge in [0, 0.05) is 18.7 Å². The van der Waals surface area contributed by atoms with Crippen molar-refractivity contribution in [3.8, 4) is 0 Å². The Hall–Kier alpha value is -1.00. The molecule has 16 heavy (non-hydrogen) atoms. The molecule has 1 fully saturated rings. The number of ether oxygens (including phenoxy) is 1. The number of hydrogen-bond acceptors (Lipinski definition) is 3. The lowest BCUT2D eigenvalue weighted by molar-refractivity contribution is 0.0626. The van der Waals surface area contributed by atoms with Crippen molar-refractivity contribution >= 4 is 0 Å². The molecule has 1 unspecified atom stereocenters. The maximum absolute atomic E-state index is 12.7. The molecular formula is C12H17FN2O. The molecule has 1 aromatic heterocycles. The van der Waals surface area contributed by atoms with Gasteiger partial charge in [-0.3, -0.25) is 4.98 Å². The smallest absolute Gasteiger partial charge is 0.141 e. The van der Waals surface area contributed by atoms with Gasteiger partial charge in [-0.05, 0) is 32.4 Å². The molecule has 2 heterocycles. The molecule has 0 radical (unpaired) electrons. The molecule has 1 aliphatic heterocycles. The monoisotopic (exact) mass is 224 g/mol. The minimum absolute atomic E-state index is 0.0811. The molecule has 0 aromatic carbocycles. The molecule has 0 spiro atoms. The van der Waals surface area contributed by atoms with E-state index >= 15 is 0 Å². The normalized spacial score (nSPS) is 25.1. The summed E-state index contributed by atoms with van der Waals surface area (Å²) in [6.07, 6.45) is 2.11. The van der Waals surface area contributed by atoms with Crippen LogP contribution in [0.4, 0.5) is 4.39 Å². The van der Waals surface area contributed by atoms with E-state index in [-0.39, 0.29) is 17.5 Å². The van der Waals surface area contributed by atoms with Crippen molar-refractivity contribution in [3.63, 3.8) is 0 Å². The zero-order valence-corrected chi connectivity index (χ0v) is 9.66. The van der Waals surface area contributed by atoms with E-state index in [1.807, 2.05) is 0 Å². The highest BCUT2D eigenvalue weighted by Gasteiger charge is 2.25. The molecule has 1 aromatic rings. The number of nitrogens with one attached hydrogen (secondary N) is 1. The average molecular weight is 224 g/mol. The van der Waals surface area contributed by atoms with Gasteiger partial charge in [0.2, 0.25) is 0 Å². The predicted octanol–water partition coefficient (Wildman–Crippen LogP) is 2.05. The van der Waals surface area contributed by atoms with Gasteiger partial charge in [-0.1, -0.05) is 0 Å². The SMILES string of the molecule is CC1(C)CCOC(c2ccc(F)cn2)CN1. The summed E-state index contributed by atoms with van der Waals surface area (Å²) in [6, 6.07) is 3.10. The third-order valence-electron chi connectivity index (χ3n) is 2.89. The van der Waals surface area contributed by atoms with Gasteiger partial charge in [0.15, 0.2) is 0 Å². The Bertz CT molecular complexity index is 351. The molecule has 0 bridgehead atoms. The lowest BCUT2D eigenvalue weighted by atomic mass is 10.0. The fraction of sp³-hybridized carbons (Fsp3) is 0.583. The fourth-order valence-corrected chi connectivity index (χ4v) is 1.74. The molecule has 1 aliphatic rings. The van der Waals surface area contributed by atoms with Crippen LogP contribution in [0, 0.1) is 5.82 Å². The number of halogens is 1. The number of aromatic nitrogens is 1. The maximum atomic E-state index is 12.7. The average Bonchev–Trinajstić information content (AvgIpc) is 2.41. The van der Waals surface area contributed by atoms with E-state index in [0.29, 0.717) is 13.2 Å². The molecule has 2 rings (SSSR count). The molecule has 3 nitrogen and oxygen atoms in total. The van der Waals surface area contributed by atoms with Crippen LogP contribution in [0.25, 0.3) is 0 Å². The van der Waals surface area contributed by atoms with Crippen LogP contribution in [-0.2, 0) is 4.74 Å². The van der Waals surface area contributed by atoms with Crippen molar-refractivity contribution in [2.24, 2.45) is 0 Å². The van der Waals surface area contributed by atoms with Gasteiger partial charge in [0.25, 0.3) is 0 Å². The van der Waals surface area contributed by atoms with Gasteiger partial charge >= 0.3 is 0 Å². The zero-order chi connectivity index (χ0) is 11.6. The lowest BCUT2D eigenvalue weighted by Gasteiger charge is -2.23. The number of pyridine rings is 1. The fourth-order valence-electron chi connectivity index (χ4n) is 1.74. The van der Waals surface area contributed by atoms with Gasteiger partial charge in [0.1, 0.15) is 11.9 Å². The van der Waals surface area contributed by atoms with Crippen molar-refractivity contribution in [2.45, 2.75) is 31.9 Å². The van der Waals surface area contributed by atoms with Gasteiger partial charge in [-0.25, -0.2) is 4.39 Å². The van der Waals surface area contributed by atoms with Crippen molar-refractivity contribution in [1.29, 1.82) is 0 Å². The van der Waals surface area contributed by atoms with Crippen LogP contribution in [0.5, 0.6) is 0 Å². The topological polar surface area (TPSA) is 34.1 Å². The summed E-state index contributed by atoms with van der Waals surface area (Å²) < 4.78 is 18.5. The van der Waals surface area contributed by atoms with Gasteiger partial charge < -0.3 is 10.1 Å². The summed E-state index contributed by atoms with van der Waals surface area (Å²) in [7, 11) is 0. The van der Waals surface area contributed by atoms with Crippen molar-refractivity contribution < 1.29 is 9.13 Å². The first-order chi connectivity index (χ1) is 7.57. The highest BCUT2D eigenvalue weighted by atomic mass is 19.1. The zero-order valence-electron chi connectivity index (χ0n) is 9.66. The second kappa shape index (κ2) is 4.47. The Balaban J connectivity index is 2.08. The van der Waals surface area contributed by atoms with Crippen molar-refractivity contribution in [3.05, 3.63) is 29.8 Å². The van der Waals surface area contributed by atoms with Gasteiger partial charge in [-0.15, -0.1) is 0 Å². The number of nitrogens with zero attached hydrogens (tertiary/aromatic N) is 1. The van der Waals surface area contributed by atoms with E-state index in [4.69, 9.17) is 4.74 Å². The molecule has 1 N–H and O–H groups in total. The van der Waals surface area contributed by atoms with E-state index in [9.17, 15) is 4.39 Å². The van der Waals surface area contributed by atoms with E-state index in [2.05, 4.69) is 24.1 Å². The largest absolute Gasteiger partial charge is 0.371 e. The molecule has 0 saturated carbocycles. The van der Waals surface area contributed by atoms with Crippen LogP contribution in [0.3, 0.4) is 0 Å². The second-order valence-corrected chi connectivity index (χ2v) is 4.78. The first-order valence-corrected chi connectivity index (χ1v) is 5.55. The van der Waals surface area contributed by atoms with Crippen LogP contribution in [0.2, 0.25) is 0 Å². The molecule has 1 atom stereocenters. The van der Waals surface area contributed by atoms with Crippen molar-refractivity contribution in [1.82, 2.24) is 10.3 Å².